The van der Waals surface area contributed by atoms with E-state index in [0.717, 1.165) is 13.0 Å². The van der Waals surface area contributed by atoms with Crippen LogP contribution >= 0.6 is 0 Å². The van der Waals surface area contributed by atoms with Gasteiger partial charge in [0.05, 0.1) is 0 Å². The molecule has 7 heteroatoms. The second-order valence-corrected chi connectivity index (χ2v) is 3.61. The Morgan fingerprint density at radius 1 is 1.44 bits per heavy atom. The lowest BCUT2D eigenvalue weighted by Gasteiger charge is -2.00. The third-order valence-electron chi connectivity index (χ3n) is 2.32. The monoisotopic (exact) mass is 243 g/mol. The predicted molar refractivity (Wildman–Crippen MR) is 67.1 cm³/mol. The van der Waals surface area contributed by atoms with Crippen LogP contribution in [-0.2, 0) is 0 Å². The van der Waals surface area contributed by atoms with Gasteiger partial charge >= 0.3 is 0 Å². The van der Waals surface area contributed by atoms with Gasteiger partial charge in [-0.05, 0) is 12.5 Å². The molecule has 2 aromatic rings. The molecule has 0 amide bonds. The molecule has 0 atom stereocenters. The van der Waals surface area contributed by atoms with Crippen molar-refractivity contribution in [3.8, 4) is 12.0 Å². The second kappa shape index (κ2) is 5.14. The summed E-state index contributed by atoms with van der Waals surface area (Å²) in [5, 5.41) is 16.4. The summed E-state index contributed by atoms with van der Waals surface area (Å²) in [6, 6.07) is 3.74. The molecule has 0 aliphatic carbocycles. The zero-order chi connectivity index (χ0) is 13.0. The molecule has 7 nitrogen and oxygen atoms in total. The summed E-state index contributed by atoms with van der Waals surface area (Å²) in [6.45, 7) is 2.75. The zero-order valence-electron chi connectivity index (χ0n) is 9.96. The van der Waals surface area contributed by atoms with Gasteiger partial charge in [0.1, 0.15) is 11.6 Å². The van der Waals surface area contributed by atoms with Crippen LogP contribution in [0.2, 0.25) is 0 Å². The van der Waals surface area contributed by atoms with Crippen molar-refractivity contribution in [3.05, 3.63) is 24.0 Å². The SMILES string of the molecule is CCCNc1nn(-c2ncccn2)c(N)c1C#N. The fraction of sp³-hybridized carbons (Fsp3) is 0.273. The number of hydrogen-bond acceptors (Lipinski definition) is 6. The van der Waals surface area contributed by atoms with E-state index >= 15 is 0 Å². The molecule has 92 valence electrons. The van der Waals surface area contributed by atoms with Gasteiger partial charge in [0.25, 0.3) is 5.95 Å². The maximum Gasteiger partial charge on any atom is 0.252 e. The molecule has 0 aliphatic heterocycles. The molecular weight excluding hydrogens is 230 g/mol. The molecule has 0 saturated heterocycles. The number of aromatic nitrogens is 4. The third kappa shape index (κ3) is 2.08. The number of nitrogen functional groups attached to an aromatic ring is 1. The van der Waals surface area contributed by atoms with Gasteiger partial charge in [0.15, 0.2) is 11.6 Å². The van der Waals surface area contributed by atoms with Crippen molar-refractivity contribution in [1.82, 2.24) is 19.7 Å². The first-order valence-electron chi connectivity index (χ1n) is 5.57. The molecule has 2 heterocycles. The maximum absolute atomic E-state index is 9.09. The highest BCUT2D eigenvalue weighted by molar-refractivity contribution is 5.65. The smallest absolute Gasteiger partial charge is 0.252 e. The molecule has 0 saturated carbocycles. The normalized spacial score (nSPS) is 10.0. The van der Waals surface area contributed by atoms with Gasteiger partial charge in [-0.25, -0.2) is 9.97 Å². The minimum atomic E-state index is 0.238. The molecule has 2 rings (SSSR count). The standard InChI is InChI=1S/C11H13N7/c1-2-4-14-10-8(7-12)9(13)18(17-10)11-15-5-3-6-16-11/h3,5-6H,2,4,13H2,1H3,(H,14,17). The second-order valence-electron chi connectivity index (χ2n) is 3.61. The summed E-state index contributed by atoms with van der Waals surface area (Å²) in [4.78, 5) is 8.10. The molecule has 3 N–H and O–H groups in total. The predicted octanol–water partition coefficient (Wildman–Crippen LogP) is 0.938. The van der Waals surface area contributed by atoms with E-state index in [4.69, 9.17) is 11.0 Å². The average molecular weight is 243 g/mol. The summed E-state index contributed by atoms with van der Waals surface area (Å²) in [5.41, 5.74) is 6.19. The summed E-state index contributed by atoms with van der Waals surface area (Å²) in [6.07, 6.45) is 4.11. The van der Waals surface area contributed by atoms with Crippen LogP contribution in [0.25, 0.3) is 5.95 Å². The van der Waals surface area contributed by atoms with Gasteiger partial charge in [-0.2, -0.15) is 9.94 Å². The minimum absolute atomic E-state index is 0.238. The van der Waals surface area contributed by atoms with E-state index in [1.165, 1.54) is 4.68 Å². The van der Waals surface area contributed by atoms with Crippen LogP contribution in [0.3, 0.4) is 0 Å². The van der Waals surface area contributed by atoms with Gasteiger partial charge in [-0.3, -0.25) is 0 Å². The van der Waals surface area contributed by atoms with Crippen LogP contribution < -0.4 is 11.1 Å². The van der Waals surface area contributed by atoms with Crippen molar-refractivity contribution in [2.24, 2.45) is 0 Å². The molecule has 0 fully saturated rings. The Bertz CT molecular complexity index is 567. The Hall–Kier alpha value is -2.62. The highest BCUT2D eigenvalue weighted by Crippen LogP contribution is 2.22. The molecule has 0 aromatic carbocycles. The van der Waals surface area contributed by atoms with E-state index in [0.29, 0.717) is 17.3 Å². The topological polar surface area (TPSA) is 105 Å². The van der Waals surface area contributed by atoms with Crippen molar-refractivity contribution >= 4 is 11.6 Å². The van der Waals surface area contributed by atoms with E-state index in [9.17, 15) is 0 Å². The van der Waals surface area contributed by atoms with Crippen molar-refractivity contribution in [1.29, 1.82) is 5.26 Å². The largest absolute Gasteiger partial charge is 0.382 e. The molecule has 0 aliphatic rings. The van der Waals surface area contributed by atoms with Crippen molar-refractivity contribution < 1.29 is 0 Å². The average Bonchev–Trinajstić information content (AvgIpc) is 2.73. The molecule has 0 radical (unpaired) electrons. The number of nitriles is 1. The Kier molecular flexibility index (Phi) is 3.38. The Morgan fingerprint density at radius 3 is 2.78 bits per heavy atom. The zero-order valence-corrected chi connectivity index (χ0v) is 9.96. The van der Waals surface area contributed by atoms with Crippen LogP contribution in [0.15, 0.2) is 18.5 Å². The van der Waals surface area contributed by atoms with Crippen molar-refractivity contribution in [2.45, 2.75) is 13.3 Å². The third-order valence-corrected chi connectivity index (χ3v) is 2.32. The Labute approximate surface area is 104 Å². The van der Waals surface area contributed by atoms with Crippen LogP contribution in [0, 0.1) is 11.3 Å². The number of rotatable bonds is 4. The van der Waals surface area contributed by atoms with Crippen LogP contribution in [0.4, 0.5) is 11.6 Å². The van der Waals surface area contributed by atoms with E-state index in [1.54, 1.807) is 18.5 Å². The molecule has 0 bridgehead atoms. The lowest BCUT2D eigenvalue weighted by Crippen LogP contribution is -2.06. The summed E-state index contributed by atoms with van der Waals surface area (Å²) in [7, 11) is 0. The fourth-order valence-corrected chi connectivity index (χ4v) is 1.46. The van der Waals surface area contributed by atoms with Crippen LogP contribution in [0.5, 0.6) is 0 Å². The van der Waals surface area contributed by atoms with E-state index in [-0.39, 0.29) is 5.82 Å². The summed E-state index contributed by atoms with van der Waals surface area (Å²) >= 11 is 0. The molecule has 0 spiro atoms. The number of anilines is 2. The van der Waals surface area contributed by atoms with Crippen LogP contribution in [-0.4, -0.2) is 26.3 Å². The summed E-state index contributed by atoms with van der Waals surface area (Å²) in [5.74, 6) is 1.04. The quantitative estimate of drug-likeness (QED) is 0.827. The van der Waals surface area contributed by atoms with Crippen LogP contribution in [0.1, 0.15) is 18.9 Å². The minimum Gasteiger partial charge on any atom is -0.382 e. The number of nitrogens with one attached hydrogen (secondary N) is 1. The van der Waals surface area contributed by atoms with Crippen molar-refractivity contribution in [3.63, 3.8) is 0 Å². The first-order chi connectivity index (χ1) is 8.77. The van der Waals surface area contributed by atoms with Crippen molar-refractivity contribution in [2.75, 3.05) is 17.6 Å². The highest BCUT2D eigenvalue weighted by atomic mass is 15.4. The first kappa shape index (κ1) is 11.9. The van der Waals surface area contributed by atoms with Gasteiger partial charge in [-0.1, -0.05) is 6.92 Å². The molecular formula is C11H13N7. The lowest BCUT2D eigenvalue weighted by molar-refractivity contribution is 0.815. The molecule has 18 heavy (non-hydrogen) atoms. The van der Waals surface area contributed by atoms with Gasteiger partial charge in [-0.15, -0.1) is 5.10 Å². The molecule has 0 unspecified atom stereocenters. The highest BCUT2D eigenvalue weighted by Gasteiger charge is 2.17. The Balaban J connectivity index is 2.44. The van der Waals surface area contributed by atoms with Gasteiger partial charge in [0.2, 0.25) is 0 Å². The maximum atomic E-state index is 9.09. The summed E-state index contributed by atoms with van der Waals surface area (Å²) < 4.78 is 1.36. The molecule has 2 aromatic heterocycles. The lowest BCUT2D eigenvalue weighted by atomic mass is 10.3. The van der Waals surface area contributed by atoms with Gasteiger partial charge < -0.3 is 11.1 Å². The first-order valence-corrected chi connectivity index (χ1v) is 5.57. The van der Waals surface area contributed by atoms with Gasteiger partial charge in [0, 0.05) is 18.9 Å². The Morgan fingerprint density at radius 2 is 2.17 bits per heavy atom. The van der Waals surface area contributed by atoms with E-state index in [1.807, 2.05) is 13.0 Å². The fourth-order valence-electron chi connectivity index (χ4n) is 1.46. The van der Waals surface area contributed by atoms with E-state index < -0.39 is 0 Å². The number of hydrogen-bond donors (Lipinski definition) is 2. The number of nitrogens with zero attached hydrogens (tertiary/aromatic N) is 5. The number of nitrogens with two attached hydrogens (primary N) is 1. The van der Waals surface area contributed by atoms with E-state index in [2.05, 4.69) is 20.4 Å².